The number of rotatable bonds is 8. The minimum absolute atomic E-state index is 0.0901. The van der Waals surface area contributed by atoms with E-state index < -0.39 is 0 Å². The average Bonchev–Trinajstić information content (AvgIpc) is 2.12. The van der Waals surface area contributed by atoms with Gasteiger partial charge in [0.2, 0.25) is 5.91 Å². The van der Waals surface area contributed by atoms with Gasteiger partial charge in [-0.05, 0) is 32.7 Å². The highest BCUT2D eigenvalue weighted by atomic mass is 16.3. The number of amides is 1. The molecule has 0 saturated heterocycles. The molecule has 0 spiro atoms. The van der Waals surface area contributed by atoms with Crippen LogP contribution in [0.1, 0.15) is 33.6 Å². The van der Waals surface area contributed by atoms with Crippen molar-refractivity contribution < 1.29 is 9.90 Å². The molecule has 0 heterocycles. The van der Waals surface area contributed by atoms with Gasteiger partial charge in [0.1, 0.15) is 0 Å². The first-order valence-corrected chi connectivity index (χ1v) is 5.67. The third-order valence-electron chi connectivity index (χ3n) is 2.09. The number of hydrogen-bond donors (Lipinski definition) is 3. The smallest absolute Gasteiger partial charge is 0.221 e. The van der Waals surface area contributed by atoms with Crippen LogP contribution in [0.2, 0.25) is 0 Å². The second-order valence-corrected chi connectivity index (χ2v) is 4.29. The maximum absolute atomic E-state index is 11.2. The SMILES string of the molecule is CC(CCO)CNCCC(=O)NC(C)C. The van der Waals surface area contributed by atoms with Crippen molar-refractivity contribution in [2.75, 3.05) is 19.7 Å². The largest absolute Gasteiger partial charge is 0.396 e. The average molecular weight is 216 g/mol. The van der Waals surface area contributed by atoms with Crippen molar-refractivity contribution in [2.24, 2.45) is 5.92 Å². The molecule has 0 radical (unpaired) electrons. The second kappa shape index (κ2) is 8.68. The molecule has 1 unspecified atom stereocenters. The van der Waals surface area contributed by atoms with Gasteiger partial charge in [-0.1, -0.05) is 6.92 Å². The Labute approximate surface area is 92.4 Å². The topological polar surface area (TPSA) is 61.4 Å². The molecule has 0 aliphatic rings. The minimum Gasteiger partial charge on any atom is -0.396 e. The lowest BCUT2D eigenvalue weighted by Gasteiger charge is -2.11. The van der Waals surface area contributed by atoms with Crippen LogP contribution in [0.15, 0.2) is 0 Å². The zero-order valence-electron chi connectivity index (χ0n) is 10.0. The summed E-state index contributed by atoms with van der Waals surface area (Å²) in [5.74, 6) is 0.551. The van der Waals surface area contributed by atoms with Gasteiger partial charge in [-0.15, -0.1) is 0 Å². The Bertz CT molecular complexity index is 172. The van der Waals surface area contributed by atoms with E-state index in [0.29, 0.717) is 18.9 Å². The van der Waals surface area contributed by atoms with Gasteiger partial charge in [-0.2, -0.15) is 0 Å². The number of aliphatic hydroxyl groups is 1. The van der Waals surface area contributed by atoms with Gasteiger partial charge in [0, 0.05) is 25.6 Å². The first kappa shape index (κ1) is 14.4. The summed E-state index contributed by atoms with van der Waals surface area (Å²) >= 11 is 0. The summed E-state index contributed by atoms with van der Waals surface area (Å²) in [4.78, 5) is 11.2. The van der Waals surface area contributed by atoms with Crippen LogP contribution in [0.25, 0.3) is 0 Å². The number of hydrogen-bond acceptors (Lipinski definition) is 3. The molecule has 1 atom stereocenters. The molecule has 15 heavy (non-hydrogen) atoms. The zero-order valence-corrected chi connectivity index (χ0v) is 10.0. The van der Waals surface area contributed by atoms with Gasteiger partial charge in [-0.25, -0.2) is 0 Å². The molecule has 0 aromatic carbocycles. The number of carbonyl (C=O) groups excluding carboxylic acids is 1. The van der Waals surface area contributed by atoms with Crippen LogP contribution in [0.4, 0.5) is 0 Å². The third-order valence-corrected chi connectivity index (χ3v) is 2.09. The highest BCUT2D eigenvalue weighted by Crippen LogP contribution is 1.97. The molecule has 0 aliphatic carbocycles. The van der Waals surface area contributed by atoms with E-state index in [2.05, 4.69) is 17.6 Å². The Morgan fingerprint density at radius 3 is 2.53 bits per heavy atom. The summed E-state index contributed by atoms with van der Waals surface area (Å²) in [6.45, 7) is 7.78. The van der Waals surface area contributed by atoms with E-state index in [9.17, 15) is 4.79 Å². The molecule has 0 bridgehead atoms. The van der Waals surface area contributed by atoms with E-state index in [-0.39, 0.29) is 18.6 Å². The molecule has 1 amide bonds. The molecule has 0 saturated carbocycles. The number of nitrogens with one attached hydrogen (secondary N) is 2. The van der Waals surface area contributed by atoms with Crippen molar-refractivity contribution in [1.82, 2.24) is 10.6 Å². The maximum atomic E-state index is 11.2. The second-order valence-electron chi connectivity index (χ2n) is 4.29. The van der Waals surface area contributed by atoms with Gasteiger partial charge in [0.15, 0.2) is 0 Å². The van der Waals surface area contributed by atoms with Crippen LogP contribution in [0, 0.1) is 5.92 Å². The van der Waals surface area contributed by atoms with Crippen molar-refractivity contribution in [3.8, 4) is 0 Å². The molecule has 3 N–H and O–H groups in total. The van der Waals surface area contributed by atoms with E-state index in [0.717, 1.165) is 13.0 Å². The molecule has 4 heteroatoms. The fourth-order valence-electron chi connectivity index (χ4n) is 1.27. The number of aliphatic hydroxyl groups excluding tert-OH is 1. The summed E-state index contributed by atoms with van der Waals surface area (Å²) in [5, 5.41) is 14.7. The van der Waals surface area contributed by atoms with Crippen LogP contribution in [-0.2, 0) is 4.79 Å². The molecule has 0 fully saturated rings. The molecule has 4 nitrogen and oxygen atoms in total. The van der Waals surface area contributed by atoms with Gasteiger partial charge < -0.3 is 15.7 Å². The fraction of sp³-hybridized carbons (Fsp3) is 0.909. The van der Waals surface area contributed by atoms with E-state index in [4.69, 9.17) is 5.11 Å². The Morgan fingerprint density at radius 1 is 1.33 bits per heavy atom. The lowest BCUT2D eigenvalue weighted by atomic mass is 10.1. The van der Waals surface area contributed by atoms with Crippen molar-refractivity contribution in [1.29, 1.82) is 0 Å². The van der Waals surface area contributed by atoms with Crippen molar-refractivity contribution in [3.05, 3.63) is 0 Å². The van der Waals surface area contributed by atoms with Crippen LogP contribution >= 0.6 is 0 Å². The Morgan fingerprint density at radius 2 is 2.00 bits per heavy atom. The summed E-state index contributed by atoms with van der Waals surface area (Å²) in [6, 6.07) is 0.214. The molecule has 90 valence electrons. The van der Waals surface area contributed by atoms with Crippen molar-refractivity contribution in [3.63, 3.8) is 0 Å². The lowest BCUT2D eigenvalue weighted by Crippen LogP contribution is -2.33. The number of carbonyl (C=O) groups is 1. The van der Waals surface area contributed by atoms with E-state index in [1.807, 2.05) is 13.8 Å². The van der Waals surface area contributed by atoms with Gasteiger partial charge in [-0.3, -0.25) is 4.79 Å². The van der Waals surface area contributed by atoms with Crippen LogP contribution in [-0.4, -0.2) is 36.8 Å². The van der Waals surface area contributed by atoms with E-state index >= 15 is 0 Å². The molecule has 0 aromatic rings. The summed E-state index contributed by atoms with van der Waals surface area (Å²) in [5.41, 5.74) is 0. The van der Waals surface area contributed by atoms with Crippen molar-refractivity contribution in [2.45, 2.75) is 39.7 Å². The fourth-order valence-corrected chi connectivity index (χ4v) is 1.27. The summed E-state index contributed by atoms with van der Waals surface area (Å²) in [7, 11) is 0. The Kier molecular flexibility index (Phi) is 8.33. The zero-order chi connectivity index (χ0) is 11.7. The van der Waals surface area contributed by atoms with E-state index in [1.165, 1.54) is 0 Å². The first-order valence-electron chi connectivity index (χ1n) is 5.67. The molecular formula is C11H24N2O2. The predicted octanol–water partition coefficient (Wildman–Crippen LogP) is 0.509. The minimum atomic E-state index is 0.0901. The van der Waals surface area contributed by atoms with Crippen LogP contribution in [0.3, 0.4) is 0 Å². The molecule has 0 aliphatic heterocycles. The molecule has 0 rings (SSSR count). The van der Waals surface area contributed by atoms with Crippen LogP contribution < -0.4 is 10.6 Å². The highest BCUT2D eigenvalue weighted by molar-refractivity contribution is 5.76. The third kappa shape index (κ3) is 9.69. The highest BCUT2D eigenvalue weighted by Gasteiger charge is 2.03. The van der Waals surface area contributed by atoms with Crippen molar-refractivity contribution >= 4 is 5.91 Å². The molecular weight excluding hydrogens is 192 g/mol. The monoisotopic (exact) mass is 216 g/mol. The standard InChI is InChI=1S/C11H24N2O2/c1-9(2)13-11(15)4-6-12-8-10(3)5-7-14/h9-10,12,14H,4-8H2,1-3H3,(H,13,15). The van der Waals surface area contributed by atoms with Gasteiger partial charge in [0.25, 0.3) is 0 Å². The Balaban J connectivity index is 3.34. The summed E-state index contributed by atoms with van der Waals surface area (Å²) < 4.78 is 0. The first-order chi connectivity index (χ1) is 7.06. The quantitative estimate of drug-likeness (QED) is 0.518. The van der Waals surface area contributed by atoms with E-state index in [1.54, 1.807) is 0 Å². The van der Waals surface area contributed by atoms with Gasteiger partial charge >= 0.3 is 0 Å². The Hall–Kier alpha value is -0.610. The predicted molar refractivity (Wildman–Crippen MR) is 61.6 cm³/mol. The summed E-state index contributed by atoms with van der Waals surface area (Å²) in [6.07, 6.45) is 1.33. The molecule has 0 aromatic heterocycles. The maximum Gasteiger partial charge on any atom is 0.221 e. The van der Waals surface area contributed by atoms with Gasteiger partial charge in [0.05, 0.1) is 0 Å². The normalized spacial score (nSPS) is 12.9. The lowest BCUT2D eigenvalue weighted by molar-refractivity contribution is -0.121. The van der Waals surface area contributed by atoms with Crippen LogP contribution in [0.5, 0.6) is 0 Å².